The van der Waals surface area contributed by atoms with E-state index >= 15 is 0 Å². The molecule has 1 saturated carbocycles. The third-order valence-corrected chi connectivity index (χ3v) is 3.85. The first kappa shape index (κ1) is 13.6. The van der Waals surface area contributed by atoms with E-state index in [-0.39, 0.29) is 5.56 Å². The van der Waals surface area contributed by atoms with E-state index in [9.17, 15) is 4.79 Å². The van der Waals surface area contributed by atoms with Crippen LogP contribution >= 0.6 is 27.5 Å². The lowest BCUT2D eigenvalue weighted by Gasteiger charge is -2.25. The van der Waals surface area contributed by atoms with Gasteiger partial charge in [-0.1, -0.05) is 24.6 Å². The molecule has 0 aromatic carbocycles. The standard InChI is InChI=1S/C12H15BrClN3O/c1-8(14)5-15-11-10(13)6-16-17(12(11)18)7-9-3-2-4-9/h6,9,15H,1-5,7H2. The SMILES string of the molecule is C=C(Cl)CNc1c(Br)cnn(CC2CCC2)c1=O. The van der Waals surface area contributed by atoms with Crippen LogP contribution in [0.5, 0.6) is 0 Å². The topological polar surface area (TPSA) is 46.9 Å². The Balaban J connectivity index is 2.18. The van der Waals surface area contributed by atoms with Crippen LogP contribution in [0.3, 0.4) is 0 Å². The Morgan fingerprint density at radius 2 is 2.39 bits per heavy atom. The molecule has 4 nitrogen and oxygen atoms in total. The number of hydrogen-bond donors (Lipinski definition) is 1. The Morgan fingerprint density at radius 3 is 2.94 bits per heavy atom. The van der Waals surface area contributed by atoms with E-state index in [0.29, 0.717) is 34.2 Å². The van der Waals surface area contributed by atoms with Crippen molar-refractivity contribution < 1.29 is 0 Å². The van der Waals surface area contributed by atoms with Gasteiger partial charge in [-0.15, -0.1) is 0 Å². The zero-order valence-electron chi connectivity index (χ0n) is 9.96. The summed E-state index contributed by atoms with van der Waals surface area (Å²) in [6.07, 6.45) is 5.27. The Kier molecular flexibility index (Phi) is 4.45. The van der Waals surface area contributed by atoms with Crippen molar-refractivity contribution in [2.45, 2.75) is 25.8 Å². The first-order chi connectivity index (χ1) is 8.58. The molecule has 1 aromatic heterocycles. The highest BCUT2D eigenvalue weighted by atomic mass is 79.9. The first-order valence-corrected chi connectivity index (χ1v) is 7.08. The van der Waals surface area contributed by atoms with Crippen molar-refractivity contribution in [3.8, 4) is 0 Å². The molecule has 2 rings (SSSR count). The molecule has 0 spiro atoms. The average Bonchev–Trinajstić information content (AvgIpc) is 2.25. The van der Waals surface area contributed by atoms with Crippen molar-refractivity contribution in [2.75, 3.05) is 11.9 Å². The van der Waals surface area contributed by atoms with Crippen molar-refractivity contribution in [2.24, 2.45) is 5.92 Å². The summed E-state index contributed by atoms with van der Waals surface area (Å²) in [5.41, 5.74) is 0.375. The lowest BCUT2D eigenvalue weighted by molar-refractivity contribution is 0.262. The summed E-state index contributed by atoms with van der Waals surface area (Å²) >= 11 is 9.01. The normalized spacial score (nSPS) is 15.2. The van der Waals surface area contributed by atoms with E-state index in [1.807, 2.05) is 0 Å². The molecule has 0 aliphatic heterocycles. The third kappa shape index (κ3) is 3.14. The van der Waals surface area contributed by atoms with Gasteiger partial charge in [-0.05, 0) is 34.7 Å². The maximum absolute atomic E-state index is 12.2. The number of aromatic nitrogens is 2. The zero-order chi connectivity index (χ0) is 13.1. The molecule has 0 saturated heterocycles. The van der Waals surface area contributed by atoms with Crippen LogP contribution in [0.4, 0.5) is 5.69 Å². The maximum Gasteiger partial charge on any atom is 0.291 e. The second kappa shape index (κ2) is 5.89. The number of halogens is 2. The van der Waals surface area contributed by atoms with Gasteiger partial charge in [-0.3, -0.25) is 4.79 Å². The number of anilines is 1. The van der Waals surface area contributed by atoms with Crippen molar-refractivity contribution >= 4 is 33.2 Å². The van der Waals surface area contributed by atoms with Crippen LogP contribution in [0.1, 0.15) is 19.3 Å². The highest BCUT2D eigenvalue weighted by Gasteiger charge is 2.20. The molecule has 1 fully saturated rings. The highest BCUT2D eigenvalue weighted by Crippen LogP contribution is 2.27. The summed E-state index contributed by atoms with van der Waals surface area (Å²) in [5, 5.41) is 7.59. The first-order valence-electron chi connectivity index (χ1n) is 5.90. The van der Waals surface area contributed by atoms with Crippen LogP contribution in [0.2, 0.25) is 0 Å². The largest absolute Gasteiger partial charge is 0.375 e. The van der Waals surface area contributed by atoms with Crippen molar-refractivity contribution in [3.05, 3.63) is 32.6 Å². The summed E-state index contributed by atoms with van der Waals surface area (Å²) < 4.78 is 2.17. The van der Waals surface area contributed by atoms with E-state index in [4.69, 9.17) is 11.6 Å². The zero-order valence-corrected chi connectivity index (χ0v) is 12.3. The minimum Gasteiger partial charge on any atom is -0.375 e. The molecule has 6 heteroatoms. The van der Waals surface area contributed by atoms with Crippen molar-refractivity contribution in [1.82, 2.24) is 9.78 Å². The van der Waals surface area contributed by atoms with E-state index in [0.717, 1.165) is 0 Å². The molecule has 98 valence electrons. The van der Waals surface area contributed by atoms with Gasteiger partial charge < -0.3 is 5.32 Å². The van der Waals surface area contributed by atoms with Crippen molar-refractivity contribution in [3.63, 3.8) is 0 Å². The molecule has 1 aliphatic carbocycles. The molecule has 1 aromatic rings. The fourth-order valence-electron chi connectivity index (χ4n) is 1.86. The summed E-state index contributed by atoms with van der Waals surface area (Å²) in [5.74, 6) is 0.590. The maximum atomic E-state index is 12.2. The Hall–Kier alpha value is -0.810. The van der Waals surface area contributed by atoms with Crippen LogP contribution < -0.4 is 10.9 Å². The third-order valence-electron chi connectivity index (χ3n) is 3.11. The van der Waals surface area contributed by atoms with E-state index in [1.54, 1.807) is 6.20 Å². The lowest BCUT2D eigenvalue weighted by Crippen LogP contribution is -2.31. The summed E-state index contributed by atoms with van der Waals surface area (Å²) in [6, 6.07) is 0. The van der Waals surface area contributed by atoms with Gasteiger partial charge in [0.1, 0.15) is 5.69 Å². The number of rotatable bonds is 5. The van der Waals surface area contributed by atoms with Gasteiger partial charge in [0.2, 0.25) is 0 Å². The molecule has 1 N–H and O–H groups in total. The molecule has 0 atom stereocenters. The fourth-order valence-corrected chi connectivity index (χ4v) is 2.33. The van der Waals surface area contributed by atoms with E-state index in [1.165, 1.54) is 23.9 Å². The van der Waals surface area contributed by atoms with Crippen LogP contribution in [-0.4, -0.2) is 16.3 Å². The Labute approximate surface area is 119 Å². The highest BCUT2D eigenvalue weighted by molar-refractivity contribution is 9.10. The second-order valence-electron chi connectivity index (χ2n) is 4.52. The van der Waals surface area contributed by atoms with E-state index in [2.05, 4.69) is 32.9 Å². The van der Waals surface area contributed by atoms with Crippen molar-refractivity contribution in [1.29, 1.82) is 0 Å². The Morgan fingerprint density at radius 1 is 1.67 bits per heavy atom. The summed E-state index contributed by atoms with van der Waals surface area (Å²) in [6.45, 7) is 4.65. The van der Waals surface area contributed by atoms with Gasteiger partial charge in [-0.2, -0.15) is 5.10 Å². The summed E-state index contributed by atoms with van der Waals surface area (Å²) in [4.78, 5) is 12.2. The van der Waals surface area contributed by atoms with Gasteiger partial charge in [0.25, 0.3) is 5.56 Å². The number of nitrogens with zero attached hydrogens (tertiary/aromatic N) is 2. The molecular formula is C12H15BrClN3O. The van der Waals surface area contributed by atoms with Crippen LogP contribution in [0.25, 0.3) is 0 Å². The molecule has 0 unspecified atom stereocenters. The molecule has 1 aliphatic rings. The quantitative estimate of drug-likeness (QED) is 0.902. The molecular weight excluding hydrogens is 318 g/mol. The molecule has 0 bridgehead atoms. The number of nitrogens with one attached hydrogen (secondary N) is 1. The molecule has 1 heterocycles. The van der Waals surface area contributed by atoms with Gasteiger partial charge >= 0.3 is 0 Å². The van der Waals surface area contributed by atoms with Gasteiger partial charge in [0.15, 0.2) is 0 Å². The predicted octanol–water partition coefficient (Wildman–Crippen LogP) is 2.97. The fraction of sp³-hybridized carbons (Fsp3) is 0.500. The minimum absolute atomic E-state index is 0.116. The minimum atomic E-state index is -0.116. The monoisotopic (exact) mass is 331 g/mol. The molecule has 0 amide bonds. The van der Waals surface area contributed by atoms with E-state index < -0.39 is 0 Å². The van der Waals surface area contributed by atoms with Crippen LogP contribution in [-0.2, 0) is 6.54 Å². The Bertz CT molecular complexity index is 511. The average molecular weight is 333 g/mol. The predicted molar refractivity (Wildman–Crippen MR) is 77.0 cm³/mol. The molecule has 0 radical (unpaired) electrons. The van der Waals surface area contributed by atoms with Crippen LogP contribution in [0, 0.1) is 5.92 Å². The van der Waals surface area contributed by atoms with Gasteiger partial charge in [-0.25, -0.2) is 4.68 Å². The van der Waals surface area contributed by atoms with Gasteiger partial charge in [0, 0.05) is 11.6 Å². The second-order valence-corrected chi connectivity index (χ2v) is 5.91. The van der Waals surface area contributed by atoms with Crippen LogP contribution in [0.15, 0.2) is 27.1 Å². The number of hydrogen-bond acceptors (Lipinski definition) is 3. The smallest absolute Gasteiger partial charge is 0.291 e. The summed E-state index contributed by atoms with van der Waals surface area (Å²) in [7, 11) is 0. The molecule has 18 heavy (non-hydrogen) atoms. The van der Waals surface area contributed by atoms with Gasteiger partial charge in [0.05, 0.1) is 17.2 Å². The lowest BCUT2D eigenvalue weighted by atomic mass is 9.85.